The molecule has 4 nitrogen and oxygen atoms in total. The highest BCUT2D eigenvalue weighted by atomic mass is 35.5. The molecule has 1 fully saturated rings. The molecule has 1 aliphatic rings. The third kappa shape index (κ3) is 6.94. The Labute approximate surface area is 201 Å². The van der Waals surface area contributed by atoms with Crippen LogP contribution in [0.15, 0.2) is 48.5 Å². The Hall–Kier alpha value is -2.11. The van der Waals surface area contributed by atoms with Crippen LogP contribution < -0.4 is 14.8 Å². The van der Waals surface area contributed by atoms with Crippen LogP contribution in [-0.2, 0) is 4.79 Å². The van der Waals surface area contributed by atoms with Crippen LogP contribution in [0.1, 0.15) is 58.8 Å². The largest absolute Gasteiger partial charge is 0.485 e. The molecule has 0 unspecified atom stereocenters. The summed E-state index contributed by atoms with van der Waals surface area (Å²) in [6, 6.07) is 14.5. The Kier molecular flexibility index (Phi) is 8.94. The van der Waals surface area contributed by atoms with Crippen LogP contribution in [0.5, 0.6) is 11.5 Å². The molecule has 32 heavy (non-hydrogen) atoms. The number of anilines is 1. The highest BCUT2D eigenvalue weighted by molar-refractivity contribution is 7.80. The van der Waals surface area contributed by atoms with Crippen molar-refractivity contribution in [2.24, 2.45) is 11.3 Å². The van der Waals surface area contributed by atoms with Gasteiger partial charge < -0.3 is 14.8 Å². The quantitative estimate of drug-likeness (QED) is 0.384. The van der Waals surface area contributed by atoms with E-state index in [0.29, 0.717) is 28.1 Å². The van der Waals surface area contributed by atoms with Crippen LogP contribution in [0.25, 0.3) is 0 Å². The fraction of sp³-hybridized carbons (Fsp3) is 0.462. The zero-order valence-corrected chi connectivity index (χ0v) is 20.4. The van der Waals surface area contributed by atoms with Crippen LogP contribution in [0.3, 0.4) is 0 Å². The molecule has 1 aliphatic carbocycles. The van der Waals surface area contributed by atoms with E-state index in [1.807, 2.05) is 24.3 Å². The maximum absolute atomic E-state index is 13.4. The van der Waals surface area contributed by atoms with E-state index < -0.39 is 0 Å². The van der Waals surface area contributed by atoms with Gasteiger partial charge in [-0.15, -0.1) is 0 Å². The van der Waals surface area contributed by atoms with Crippen LogP contribution in [0.4, 0.5) is 5.69 Å². The Balaban J connectivity index is 1.65. The van der Waals surface area contributed by atoms with Gasteiger partial charge in [0.1, 0.15) is 5.75 Å². The van der Waals surface area contributed by atoms with Gasteiger partial charge >= 0.3 is 0 Å². The molecule has 1 N–H and O–H groups in total. The monoisotopic (exact) mass is 473 g/mol. The first-order valence-corrected chi connectivity index (χ1v) is 12.2. The van der Waals surface area contributed by atoms with Crippen molar-refractivity contribution in [1.82, 2.24) is 0 Å². The number of hydrogen-bond acceptors (Lipinski definition) is 4. The third-order valence-electron chi connectivity index (χ3n) is 6.02. The van der Waals surface area contributed by atoms with Crippen molar-refractivity contribution in [2.75, 3.05) is 11.9 Å². The molecule has 0 bridgehead atoms. The fourth-order valence-electron chi connectivity index (χ4n) is 4.12. The molecule has 0 saturated heterocycles. The van der Waals surface area contributed by atoms with E-state index in [0.717, 1.165) is 38.5 Å². The predicted octanol–water partition coefficient (Wildman–Crippen LogP) is 7.45. The lowest BCUT2D eigenvalue weighted by atomic mass is 9.69. The minimum atomic E-state index is -0.298. The molecule has 0 aromatic heterocycles. The number of thiocarbonyl (C=S) groups is 1. The first-order valence-electron chi connectivity index (χ1n) is 11.4. The predicted molar refractivity (Wildman–Crippen MR) is 135 cm³/mol. The van der Waals surface area contributed by atoms with Crippen molar-refractivity contribution in [1.29, 1.82) is 0 Å². The van der Waals surface area contributed by atoms with E-state index in [2.05, 4.69) is 19.2 Å². The van der Waals surface area contributed by atoms with Gasteiger partial charge in [-0.2, -0.15) is 0 Å². The minimum absolute atomic E-state index is 0.0947. The molecule has 1 amide bonds. The van der Waals surface area contributed by atoms with Gasteiger partial charge in [-0.3, -0.25) is 4.79 Å². The molecule has 172 valence electrons. The van der Waals surface area contributed by atoms with Crippen molar-refractivity contribution < 1.29 is 14.3 Å². The molecule has 0 heterocycles. The summed E-state index contributed by atoms with van der Waals surface area (Å²) in [6.07, 6.45) is 7.29. The van der Waals surface area contributed by atoms with Crippen molar-refractivity contribution in [3.63, 3.8) is 0 Å². The highest BCUT2D eigenvalue weighted by Crippen LogP contribution is 2.42. The molecular weight excluding hydrogens is 442 g/mol. The van der Waals surface area contributed by atoms with Gasteiger partial charge in [0, 0.05) is 10.4 Å². The number of ether oxygens (including phenoxy) is 2. The number of para-hydroxylation sites is 2. The van der Waals surface area contributed by atoms with E-state index in [1.54, 1.807) is 24.3 Å². The first kappa shape index (κ1) is 24.5. The summed E-state index contributed by atoms with van der Waals surface area (Å²) in [6.45, 7) is 4.55. The third-order valence-corrected chi connectivity index (χ3v) is 6.48. The molecule has 3 rings (SSSR count). The SMILES string of the molecule is CC(C)CCC1(C(=O)Nc2ccccc2OC(=S)COc2ccc(Cl)cc2)CCCCC1. The Bertz CT molecular complexity index is 908. The fourth-order valence-corrected chi connectivity index (χ4v) is 4.40. The molecule has 0 spiro atoms. The molecular formula is C26H32ClNO3S. The lowest BCUT2D eigenvalue weighted by Gasteiger charge is -2.36. The van der Waals surface area contributed by atoms with Crippen LogP contribution in [0.2, 0.25) is 5.02 Å². The van der Waals surface area contributed by atoms with Gasteiger partial charge in [0.05, 0.1) is 5.69 Å². The van der Waals surface area contributed by atoms with E-state index in [1.165, 1.54) is 6.42 Å². The van der Waals surface area contributed by atoms with Gasteiger partial charge in [-0.25, -0.2) is 0 Å². The summed E-state index contributed by atoms with van der Waals surface area (Å²) in [5.41, 5.74) is 0.342. The minimum Gasteiger partial charge on any atom is -0.485 e. The molecule has 0 aliphatic heterocycles. The number of rotatable bonds is 9. The number of hydrogen-bond donors (Lipinski definition) is 1. The number of amides is 1. The number of benzene rings is 2. The Morgan fingerprint density at radius 2 is 1.78 bits per heavy atom. The molecule has 2 aromatic rings. The summed E-state index contributed by atoms with van der Waals surface area (Å²) in [4.78, 5) is 13.4. The maximum atomic E-state index is 13.4. The average molecular weight is 474 g/mol. The summed E-state index contributed by atoms with van der Waals surface area (Å²) in [5, 5.41) is 4.08. The summed E-state index contributed by atoms with van der Waals surface area (Å²) < 4.78 is 11.5. The van der Waals surface area contributed by atoms with E-state index in [4.69, 9.17) is 33.3 Å². The van der Waals surface area contributed by atoms with E-state index >= 15 is 0 Å². The van der Waals surface area contributed by atoms with Crippen LogP contribution in [0, 0.1) is 11.3 Å². The Morgan fingerprint density at radius 1 is 1.09 bits per heavy atom. The van der Waals surface area contributed by atoms with E-state index in [-0.39, 0.29) is 23.0 Å². The number of carbonyl (C=O) groups is 1. The highest BCUT2D eigenvalue weighted by Gasteiger charge is 2.39. The van der Waals surface area contributed by atoms with Gasteiger partial charge in [0.2, 0.25) is 11.0 Å². The molecule has 0 radical (unpaired) electrons. The maximum Gasteiger partial charge on any atom is 0.230 e. The molecule has 2 aromatic carbocycles. The second kappa shape index (κ2) is 11.7. The summed E-state index contributed by atoms with van der Waals surface area (Å²) in [5.74, 6) is 1.86. The smallest absolute Gasteiger partial charge is 0.230 e. The zero-order valence-electron chi connectivity index (χ0n) is 18.9. The molecule has 1 saturated carbocycles. The number of nitrogens with one attached hydrogen (secondary N) is 1. The number of carbonyl (C=O) groups excluding carboxylic acids is 1. The molecule has 6 heteroatoms. The lowest BCUT2D eigenvalue weighted by Crippen LogP contribution is -2.38. The van der Waals surface area contributed by atoms with Gasteiger partial charge in [0.15, 0.2) is 12.4 Å². The second-order valence-electron chi connectivity index (χ2n) is 8.94. The molecule has 0 atom stereocenters. The zero-order chi connectivity index (χ0) is 23.0. The van der Waals surface area contributed by atoms with Crippen molar-refractivity contribution in [3.8, 4) is 11.5 Å². The normalized spacial score (nSPS) is 15.2. The van der Waals surface area contributed by atoms with Gasteiger partial charge in [0.25, 0.3) is 0 Å². The topological polar surface area (TPSA) is 47.6 Å². The van der Waals surface area contributed by atoms with Crippen LogP contribution >= 0.6 is 23.8 Å². The van der Waals surface area contributed by atoms with Crippen molar-refractivity contribution in [3.05, 3.63) is 53.6 Å². The summed E-state index contributed by atoms with van der Waals surface area (Å²) in [7, 11) is 0. The Morgan fingerprint density at radius 3 is 2.47 bits per heavy atom. The van der Waals surface area contributed by atoms with E-state index in [9.17, 15) is 4.79 Å². The lowest BCUT2D eigenvalue weighted by molar-refractivity contribution is -0.128. The van der Waals surface area contributed by atoms with Gasteiger partial charge in [-0.1, -0.05) is 56.8 Å². The number of halogens is 1. The van der Waals surface area contributed by atoms with Crippen molar-refractivity contribution >= 4 is 40.5 Å². The first-order chi connectivity index (χ1) is 15.4. The van der Waals surface area contributed by atoms with Crippen molar-refractivity contribution in [2.45, 2.75) is 58.8 Å². The van der Waals surface area contributed by atoms with Crippen LogP contribution in [-0.4, -0.2) is 17.6 Å². The average Bonchev–Trinajstić information content (AvgIpc) is 2.79. The summed E-state index contributed by atoms with van der Waals surface area (Å²) >= 11 is 11.3. The second-order valence-corrected chi connectivity index (χ2v) is 9.83. The van der Waals surface area contributed by atoms with Gasteiger partial charge in [-0.05, 0) is 80.2 Å². The standard InChI is InChI=1S/C26H32ClNO3S/c1-19(2)14-17-26(15-6-3-7-16-26)25(29)28-22-8-4-5-9-23(22)31-24(32)18-30-21-12-10-20(27)11-13-21/h4-5,8-13,19H,3,6-7,14-18H2,1-2H3,(H,28,29).